The quantitative estimate of drug-likeness (QED) is 0.834. The van der Waals surface area contributed by atoms with Gasteiger partial charge in [0.15, 0.2) is 0 Å². The average molecular weight is 302 g/mol. The third-order valence-corrected chi connectivity index (χ3v) is 3.15. The highest BCUT2D eigenvalue weighted by molar-refractivity contribution is 6.30. The zero-order valence-corrected chi connectivity index (χ0v) is 12.2. The van der Waals surface area contributed by atoms with Crippen molar-refractivity contribution in [3.8, 4) is 0 Å². The van der Waals surface area contributed by atoms with Crippen molar-refractivity contribution in [3.63, 3.8) is 0 Å². The Morgan fingerprint density at radius 3 is 2.67 bits per heavy atom. The minimum Gasteiger partial charge on any atom is -0.392 e. The number of hydrogen-bond acceptors (Lipinski definition) is 2. The van der Waals surface area contributed by atoms with Crippen LogP contribution in [0.3, 0.4) is 0 Å². The molecule has 0 aromatic heterocycles. The smallest absolute Gasteiger partial charge is 0.244 e. The maximum absolute atomic E-state index is 11.7. The topological polar surface area (TPSA) is 49.3 Å². The van der Waals surface area contributed by atoms with E-state index < -0.39 is 0 Å². The molecule has 108 valence electrons. The third kappa shape index (κ3) is 5.06. The second-order valence-electron chi connectivity index (χ2n) is 4.58. The van der Waals surface area contributed by atoms with Crippen LogP contribution < -0.4 is 5.32 Å². The van der Waals surface area contributed by atoms with Crippen LogP contribution in [0, 0.1) is 0 Å². The van der Waals surface area contributed by atoms with Crippen LogP contribution in [0.4, 0.5) is 0 Å². The first-order chi connectivity index (χ1) is 10.2. The molecule has 0 aliphatic heterocycles. The summed E-state index contributed by atoms with van der Waals surface area (Å²) in [6, 6.07) is 14.7. The van der Waals surface area contributed by atoms with Gasteiger partial charge in [-0.15, -0.1) is 0 Å². The predicted molar refractivity (Wildman–Crippen MR) is 84.7 cm³/mol. The number of aliphatic hydroxyl groups is 1. The van der Waals surface area contributed by atoms with Crippen molar-refractivity contribution in [3.05, 3.63) is 76.3 Å². The van der Waals surface area contributed by atoms with Gasteiger partial charge in [-0.3, -0.25) is 4.79 Å². The summed E-state index contributed by atoms with van der Waals surface area (Å²) in [7, 11) is 0. The van der Waals surface area contributed by atoms with E-state index in [4.69, 9.17) is 16.7 Å². The SMILES string of the molecule is O=C(C=Cc1cccc(Cl)c1)NCc1cccc(CO)c1. The Morgan fingerprint density at radius 2 is 1.90 bits per heavy atom. The number of carbonyl (C=O) groups excluding carboxylic acids is 1. The minimum atomic E-state index is -0.177. The largest absolute Gasteiger partial charge is 0.392 e. The molecular formula is C17H16ClNO2. The summed E-state index contributed by atoms with van der Waals surface area (Å²) < 4.78 is 0. The summed E-state index contributed by atoms with van der Waals surface area (Å²) >= 11 is 5.88. The highest BCUT2D eigenvalue weighted by atomic mass is 35.5. The second kappa shape index (κ2) is 7.62. The van der Waals surface area contributed by atoms with Crippen molar-refractivity contribution in [2.45, 2.75) is 13.2 Å². The average Bonchev–Trinajstić information content (AvgIpc) is 2.51. The number of benzene rings is 2. The molecule has 2 aromatic rings. The van der Waals surface area contributed by atoms with Crippen LogP contribution in [0.2, 0.25) is 5.02 Å². The molecule has 3 nitrogen and oxygen atoms in total. The number of amides is 1. The van der Waals surface area contributed by atoms with Crippen molar-refractivity contribution in [2.24, 2.45) is 0 Å². The molecule has 0 heterocycles. The number of nitrogens with one attached hydrogen (secondary N) is 1. The summed E-state index contributed by atoms with van der Waals surface area (Å²) in [5.41, 5.74) is 2.65. The van der Waals surface area contributed by atoms with Crippen LogP contribution in [-0.2, 0) is 17.9 Å². The molecule has 4 heteroatoms. The van der Waals surface area contributed by atoms with E-state index in [-0.39, 0.29) is 12.5 Å². The van der Waals surface area contributed by atoms with Gasteiger partial charge in [0, 0.05) is 17.6 Å². The highest BCUT2D eigenvalue weighted by Gasteiger charge is 1.98. The van der Waals surface area contributed by atoms with Crippen LogP contribution in [0.25, 0.3) is 6.08 Å². The molecule has 21 heavy (non-hydrogen) atoms. The number of hydrogen-bond donors (Lipinski definition) is 2. The third-order valence-electron chi connectivity index (χ3n) is 2.92. The maximum Gasteiger partial charge on any atom is 0.244 e. The molecule has 0 unspecified atom stereocenters. The van der Waals surface area contributed by atoms with Gasteiger partial charge in [0.05, 0.1) is 6.61 Å². The molecule has 0 radical (unpaired) electrons. The number of halogens is 1. The lowest BCUT2D eigenvalue weighted by atomic mass is 10.1. The summed E-state index contributed by atoms with van der Waals surface area (Å²) in [4.78, 5) is 11.7. The second-order valence-corrected chi connectivity index (χ2v) is 5.02. The van der Waals surface area contributed by atoms with Crippen LogP contribution in [0.5, 0.6) is 0 Å². The molecule has 0 saturated carbocycles. The number of aliphatic hydroxyl groups excluding tert-OH is 1. The van der Waals surface area contributed by atoms with E-state index >= 15 is 0 Å². The van der Waals surface area contributed by atoms with Crippen LogP contribution >= 0.6 is 11.6 Å². The lowest BCUT2D eigenvalue weighted by Gasteiger charge is -2.04. The fraction of sp³-hybridized carbons (Fsp3) is 0.118. The molecule has 0 aliphatic carbocycles. The first-order valence-corrected chi connectivity index (χ1v) is 6.95. The van der Waals surface area contributed by atoms with E-state index in [9.17, 15) is 4.79 Å². The Kier molecular flexibility index (Phi) is 5.55. The monoisotopic (exact) mass is 301 g/mol. The molecule has 0 bridgehead atoms. The number of rotatable bonds is 5. The van der Waals surface area contributed by atoms with Gasteiger partial charge in [-0.05, 0) is 34.9 Å². The van der Waals surface area contributed by atoms with Crippen LogP contribution in [-0.4, -0.2) is 11.0 Å². The fourth-order valence-corrected chi connectivity index (χ4v) is 2.07. The van der Waals surface area contributed by atoms with Gasteiger partial charge >= 0.3 is 0 Å². The molecule has 0 atom stereocenters. The normalized spacial score (nSPS) is 10.8. The van der Waals surface area contributed by atoms with Gasteiger partial charge in [0.2, 0.25) is 5.91 Å². The van der Waals surface area contributed by atoms with Gasteiger partial charge in [0.1, 0.15) is 0 Å². The van der Waals surface area contributed by atoms with Gasteiger partial charge < -0.3 is 10.4 Å². The standard InChI is InChI=1S/C17H16ClNO2/c18-16-6-2-3-13(10-16)7-8-17(21)19-11-14-4-1-5-15(9-14)12-20/h1-10,20H,11-12H2,(H,19,21). The molecule has 0 spiro atoms. The zero-order valence-electron chi connectivity index (χ0n) is 11.4. The summed E-state index contributed by atoms with van der Waals surface area (Å²) in [6.07, 6.45) is 3.19. The minimum absolute atomic E-state index is 0.00352. The van der Waals surface area contributed by atoms with E-state index in [0.29, 0.717) is 11.6 Å². The van der Waals surface area contributed by atoms with E-state index in [1.165, 1.54) is 6.08 Å². The van der Waals surface area contributed by atoms with E-state index in [0.717, 1.165) is 16.7 Å². The lowest BCUT2D eigenvalue weighted by molar-refractivity contribution is -0.116. The molecule has 0 saturated heterocycles. The molecule has 2 rings (SSSR count). The van der Waals surface area contributed by atoms with Crippen molar-refractivity contribution in [2.75, 3.05) is 0 Å². The Labute approximate surface area is 128 Å². The predicted octanol–water partition coefficient (Wildman–Crippen LogP) is 3.16. The van der Waals surface area contributed by atoms with Crippen molar-refractivity contribution in [1.29, 1.82) is 0 Å². The van der Waals surface area contributed by atoms with E-state index in [1.54, 1.807) is 18.2 Å². The van der Waals surface area contributed by atoms with E-state index in [2.05, 4.69) is 5.32 Å². The Balaban J connectivity index is 1.90. The molecule has 2 aromatic carbocycles. The summed E-state index contributed by atoms with van der Waals surface area (Å²) in [5, 5.41) is 12.5. The summed E-state index contributed by atoms with van der Waals surface area (Å²) in [6.45, 7) is 0.420. The summed E-state index contributed by atoms with van der Waals surface area (Å²) in [5.74, 6) is -0.177. The first-order valence-electron chi connectivity index (χ1n) is 6.57. The van der Waals surface area contributed by atoms with Crippen LogP contribution in [0.1, 0.15) is 16.7 Å². The van der Waals surface area contributed by atoms with Crippen molar-refractivity contribution < 1.29 is 9.90 Å². The van der Waals surface area contributed by atoms with Gasteiger partial charge in [0.25, 0.3) is 0 Å². The lowest BCUT2D eigenvalue weighted by Crippen LogP contribution is -2.20. The van der Waals surface area contributed by atoms with Crippen LogP contribution in [0.15, 0.2) is 54.6 Å². The van der Waals surface area contributed by atoms with E-state index in [1.807, 2.05) is 36.4 Å². The van der Waals surface area contributed by atoms with Gasteiger partial charge in [-0.1, -0.05) is 48.0 Å². The number of carbonyl (C=O) groups is 1. The Morgan fingerprint density at radius 1 is 1.14 bits per heavy atom. The van der Waals surface area contributed by atoms with Gasteiger partial charge in [-0.25, -0.2) is 0 Å². The Hall–Kier alpha value is -2.10. The molecule has 1 amide bonds. The maximum atomic E-state index is 11.7. The van der Waals surface area contributed by atoms with Gasteiger partial charge in [-0.2, -0.15) is 0 Å². The van der Waals surface area contributed by atoms with Crippen molar-refractivity contribution >= 4 is 23.6 Å². The zero-order chi connectivity index (χ0) is 15.1. The molecule has 0 aliphatic rings. The molecular weight excluding hydrogens is 286 g/mol. The molecule has 2 N–H and O–H groups in total. The fourth-order valence-electron chi connectivity index (χ4n) is 1.87. The highest BCUT2D eigenvalue weighted by Crippen LogP contribution is 2.11. The molecule has 0 fully saturated rings. The first kappa shape index (κ1) is 15.3. The van der Waals surface area contributed by atoms with Crippen molar-refractivity contribution in [1.82, 2.24) is 5.32 Å². The Bertz CT molecular complexity index is 653.